The van der Waals surface area contributed by atoms with Crippen LogP contribution in [0, 0.1) is 6.92 Å². The van der Waals surface area contributed by atoms with Crippen LogP contribution in [0.25, 0.3) is 0 Å². The lowest BCUT2D eigenvalue weighted by molar-refractivity contribution is 0.310. The van der Waals surface area contributed by atoms with Gasteiger partial charge in [-0.25, -0.2) is 9.97 Å². The van der Waals surface area contributed by atoms with Crippen molar-refractivity contribution in [1.82, 2.24) is 9.97 Å². The van der Waals surface area contributed by atoms with Gasteiger partial charge in [-0.1, -0.05) is 6.07 Å². The van der Waals surface area contributed by atoms with Gasteiger partial charge >= 0.3 is 0 Å². The number of hydrogen-bond donors (Lipinski definition) is 1. The van der Waals surface area contributed by atoms with Crippen LogP contribution in [0.15, 0.2) is 23.8 Å². The van der Waals surface area contributed by atoms with Crippen molar-refractivity contribution >= 4 is 11.3 Å². The van der Waals surface area contributed by atoms with Crippen molar-refractivity contribution < 1.29 is 4.74 Å². The zero-order valence-corrected chi connectivity index (χ0v) is 11.4. The molecule has 2 aromatic rings. The van der Waals surface area contributed by atoms with Crippen LogP contribution < -0.4 is 10.5 Å². The van der Waals surface area contributed by atoms with Crippen LogP contribution in [0.1, 0.15) is 29.1 Å². The number of hydrogen-bond acceptors (Lipinski definition) is 5. The molecule has 4 nitrogen and oxygen atoms in total. The summed E-state index contributed by atoms with van der Waals surface area (Å²) in [5, 5.41) is 0. The molecule has 2 heterocycles. The molecule has 0 saturated carbocycles. The van der Waals surface area contributed by atoms with Crippen LogP contribution in [0.4, 0.5) is 0 Å². The maximum atomic E-state index is 5.76. The van der Waals surface area contributed by atoms with E-state index in [0.29, 0.717) is 12.5 Å². The summed E-state index contributed by atoms with van der Waals surface area (Å²) in [7, 11) is 0. The minimum atomic E-state index is 0.00592. The second-order valence-electron chi connectivity index (χ2n) is 4.18. The first-order valence-corrected chi connectivity index (χ1v) is 6.78. The Kier molecular flexibility index (Phi) is 4.28. The Bertz CT molecular complexity index is 493. The predicted molar refractivity (Wildman–Crippen MR) is 72.9 cm³/mol. The summed E-state index contributed by atoms with van der Waals surface area (Å²) in [6.07, 6.45) is 2.63. The van der Waals surface area contributed by atoms with Gasteiger partial charge < -0.3 is 10.5 Å². The number of thiazole rings is 1. The summed E-state index contributed by atoms with van der Waals surface area (Å²) in [5.41, 5.74) is 9.72. The zero-order valence-electron chi connectivity index (χ0n) is 10.6. The van der Waals surface area contributed by atoms with Gasteiger partial charge in [0.25, 0.3) is 0 Å². The Balaban J connectivity index is 1.85. The quantitative estimate of drug-likeness (QED) is 0.900. The highest BCUT2D eigenvalue weighted by Gasteiger charge is 2.03. The van der Waals surface area contributed by atoms with E-state index in [-0.39, 0.29) is 6.04 Å². The van der Waals surface area contributed by atoms with Crippen LogP contribution in [-0.2, 0) is 6.42 Å². The molecule has 0 aromatic carbocycles. The molecule has 0 radical (unpaired) electrons. The Morgan fingerprint density at radius 1 is 1.39 bits per heavy atom. The SMILES string of the molecule is Cc1ncsc1CCOc1ccc(C(C)N)cn1. The average molecular weight is 263 g/mol. The molecule has 0 spiro atoms. The van der Waals surface area contributed by atoms with Crippen molar-refractivity contribution in [3.8, 4) is 5.88 Å². The maximum Gasteiger partial charge on any atom is 0.213 e. The Labute approximate surface area is 111 Å². The summed E-state index contributed by atoms with van der Waals surface area (Å²) in [5.74, 6) is 0.640. The lowest BCUT2D eigenvalue weighted by atomic mass is 10.2. The maximum absolute atomic E-state index is 5.76. The van der Waals surface area contributed by atoms with E-state index >= 15 is 0 Å². The highest BCUT2D eigenvalue weighted by atomic mass is 32.1. The first-order chi connectivity index (χ1) is 8.66. The van der Waals surface area contributed by atoms with E-state index in [9.17, 15) is 0 Å². The number of ether oxygens (including phenoxy) is 1. The van der Waals surface area contributed by atoms with Crippen LogP contribution in [0.2, 0.25) is 0 Å². The summed E-state index contributed by atoms with van der Waals surface area (Å²) < 4.78 is 5.60. The summed E-state index contributed by atoms with van der Waals surface area (Å²) in [6.45, 7) is 4.57. The number of nitrogens with zero attached hydrogens (tertiary/aromatic N) is 2. The molecule has 0 aliphatic carbocycles. The van der Waals surface area contributed by atoms with E-state index < -0.39 is 0 Å². The molecule has 18 heavy (non-hydrogen) atoms. The van der Waals surface area contributed by atoms with Gasteiger partial charge in [0.1, 0.15) is 0 Å². The Hall–Kier alpha value is -1.46. The summed E-state index contributed by atoms with van der Waals surface area (Å²) in [6, 6.07) is 3.81. The molecule has 0 fully saturated rings. The van der Waals surface area contributed by atoms with E-state index in [1.54, 1.807) is 17.5 Å². The summed E-state index contributed by atoms with van der Waals surface area (Å²) >= 11 is 1.66. The molecule has 96 valence electrons. The van der Waals surface area contributed by atoms with Gasteiger partial charge in [-0.05, 0) is 19.4 Å². The largest absolute Gasteiger partial charge is 0.477 e. The van der Waals surface area contributed by atoms with Gasteiger partial charge in [0, 0.05) is 29.6 Å². The van der Waals surface area contributed by atoms with Crippen LogP contribution >= 0.6 is 11.3 Å². The van der Waals surface area contributed by atoms with Crippen LogP contribution in [0.5, 0.6) is 5.88 Å². The average Bonchev–Trinajstić information content (AvgIpc) is 2.76. The molecular weight excluding hydrogens is 246 g/mol. The fourth-order valence-electron chi connectivity index (χ4n) is 1.56. The van der Waals surface area contributed by atoms with Gasteiger partial charge in [-0.15, -0.1) is 11.3 Å². The fraction of sp³-hybridized carbons (Fsp3) is 0.385. The minimum absolute atomic E-state index is 0.00592. The normalized spacial score (nSPS) is 12.4. The molecule has 0 saturated heterocycles. The molecule has 1 unspecified atom stereocenters. The smallest absolute Gasteiger partial charge is 0.213 e. The van der Waals surface area contributed by atoms with Crippen molar-refractivity contribution in [3.63, 3.8) is 0 Å². The molecule has 0 bridgehead atoms. The minimum Gasteiger partial charge on any atom is -0.477 e. The summed E-state index contributed by atoms with van der Waals surface area (Å²) in [4.78, 5) is 9.70. The molecule has 0 amide bonds. The number of pyridine rings is 1. The predicted octanol–water partition coefficient (Wildman–Crippen LogP) is 2.49. The molecule has 2 aromatic heterocycles. The van der Waals surface area contributed by atoms with Crippen molar-refractivity contribution in [2.24, 2.45) is 5.73 Å². The van der Waals surface area contributed by atoms with Crippen LogP contribution in [0.3, 0.4) is 0 Å². The van der Waals surface area contributed by atoms with Gasteiger partial charge in [0.15, 0.2) is 0 Å². The van der Waals surface area contributed by atoms with Crippen molar-refractivity contribution in [2.75, 3.05) is 6.61 Å². The second-order valence-corrected chi connectivity index (χ2v) is 5.12. The van der Waals surface area contributed by atoms with Crippen molar-refractivity contribution in [2.45, 2.75) is 26.3 Å². The highest BCUT2D eigenvalue weighted by Crippen LogP contribution is 2.15. The van der Waals surface area contributed by atoms with Gasteiger partial charge in [-0.2, -0.15) is 0 Å². The first kappa shape index (κ1) is 13.0. The van der Waals surface area contributed by atoms with E-state index in [4.69, 9.17) is 10.5 Å². The number of aryl methyl sites for hydroxylation is 1. The van der Waals surface area contributed by atoms with Gasteiger partial charge in [-0.3, -0.25) is 0 Å². The molecule has 5 heteroatoms. The molecular formula is C13H17N3OS. The van der Waals surface area contributed by atoms with E-state index in [1.165, 1.54) is 4.88 Å². The first-order valence-electron chi connectivity index (χ1n) is 5.90. The Morgan fingerprint density at radius 3 is 2.78 bits per heavy atom. The number of nitrogens with two attached hydrogens (primary N) is 1. The molecule has 2 rings (SSSR count). The highest BCUT2D eigenvalue weighted by molar-refractivity contribution is 7.09. The van der Waals surface area contributed by atoms with E-state index in [0.717, 1.165) is 17.7 Å². The van der Waals surface area contributed by atoms with E-state index in [1.807, 2.05) is 31.5 Å². The fourth-order valence-corrected chi connectivity index (χ4v) is 2.32. The Morgan fingerprint density at radius 2 is 2.22 bits per heavy atom. The van der Waals surface area contributed by atoms with Gasteiger partial charge in [0.05, 0.1) is 17.8 Å². The molecule has 1 atom stereocenters. The van der Waals surface area contributed by atoms with Gasteiger partial charge in [0.2, 0.25) is 5.88 Å². The molecule has 2 N–H and O–H groups in total. The molecule has 0 aliphatic rings. The topological polar surface area (TPSA) is 61.0 Å². The van der Waals surface area contributed by atoms with E-state index in [2.05, 4.69) is 9.97 Å². The monoisotopic (exact) mass is 263 g/mol. The third-order valence-electron chi connectivity index (χ3n) is 2.71. The number of rotatable bonds is 5. The number of aromatic nitrogens is 2. The zero-order chi connectivity index (χ0) is 13.0. The van der Waals surface area contributed by atoms with Crippen LogP contribution in [-0.4, -0.2) is 16.6 Å². The third kappa shape index (κ3) is 3.27. The van der Waals surface area contributed by atoms with Crippen molar-refractivity contribution in [1.29, 1.82) is 0 Å². The lowest BCUT2D eigenvalue weighted by Gasteiger charge is -2.07. The lowest BCUT2D eigenvalue weighted by Crippen LogP contribution is -2.06. The molecule has 0 aliphatic heterocycles. The second kappa shape index (κ2) is 5.93. The third-order valence-corrected chi connectivity index (χ3v) is 3.70. The van der Waals surface area contributed by atoms with Crippen molar-refractivity contribution in [3.05, 3.63) is 40.0 Å². The standard InChI is InChI=1S/C13H17N3OS/c1-9(14)11-3-4-13(15-7-11)17-6-5-12-10(2)16-8-18-12/h3-4,7-9H,5-6,14H2,1-2H3.